The molecule has 2 N–H and O–H groups in total. The summed E-state index contributed by atoms with van der Waals surface area (Å²) in [5.41, 5.74) is 0.243. The Labute approximate surface area is 78.5 Å². The Morgan fingerprint density at radius 1 is 1.23 bits per heavy atom. The molecule has 0 saturated heterocycles. The lowest BCUT2D eigenvalue weighted by atomic mass is 10.2. The average Bonchev–Trinajstić information content (AvgIpc) is 2.03. The minimum Gasteiger partial charge on any atom is -0.478 e. The van der Waals surface area contributed by atoms with Crippen LogP contribution in [0.25, 0.3) is 0 Å². The maximum Gasteiger partial charge on any atom is 0.335 e. The quantitative estimate of drug-likeness (QED) is 0.770. The molecule has 1 aromatic carbocycles. The molecule has 1 rings (SSSR count). The molecule has 0 fully saturated rings. The van der Waals surface area contributed by atoms with E-state index >= 15 is 0 Å². The van der Waals surface area contributed by atoms with E-state index < -0.39 is 16.3 Å². The van der Waals surface area contributed by atoms with E-state index in [-0.39, 0.29) is 5.56 Å². The lowest BCUT2D eigenvalue weighted by Crippen LogP contribution is -1.98. The second-order valence-electron chi connectivity index (χ2n) is 3.10. The average molecular weight is 200 g/mol. The van der Waals surface area contributed by atoms with Gasteiger partial charge in [0.05, 0.1) is 5.56 Å². The molecule has 1 aromatic rings. The lowest BCUT2D eigenvalue weighted by molar-refractivity contribution is 0.0697. The van der Waals surface area contributed by atoms with E-state index in [4.69, 9.17) is 5.11 Å². The first-order valence-electron chi connectivity index (χ1n) is 3.70. The first-order valence-corrected chi connectivity index (χ1v) is 6.11. The predicted molar refractivity (Wildman–Crippen MR) is 53.7 cm³/mol. The van der Waals surface area contributed by atoms with Crippen molar-refractivity contribution in [3.05, 3.63) is 29.8 Å². The summed E-state index contributed by atoms with van der Waals surface area (Å²) in [4.78, 5) is 11.3. The molecule has 13 heavy (non-hydrogen) atoms. The number of hydrogen-bond donors (Lipinski definition) is 2. The summed E-state index contributed by atoms with van der Waals surface area (Å²) in [5.74, 6) is -0.947. The summed E-state index contributed by atoms with van der Waals surface area (Å²) in [6.45, 7) is 0. The fraction of sp³-hybridized carbons (Fsp3) is 0.222. The van der Waals surface area contributed by atoms with Crippen molar-refractivity contribution in [1.82, 2.24) is 0 Å². The van der Waals surface area contributed by atoms with Crippen LogP contribution in [0.15, 0.2) is 29.2 Å². The highest BCUT2D eigenvalue weighted by Crippen LogP contribution is 2.44. The highest BCUT2D eigenvalue weighted by Gasteiger charge is 2.10. The van der Waals surface area contributed by atoms with Gasteiger partial charge < -0.3 is 9.66 Å². The molecule has 0 spiro atoms. The first kappa shape index (κ1) is 10.1. The molecule has 0 radical (unpaired) electrons. The van der Waals surface area contributed by atoms with Gasteiger partial charge in [-0.1, -0.05) is 0 Å². The SMILES string of the molecule is CS(C)(O)c1ccc(C(=O)O)cc1. The van der Waals surface area contributed by atoms with E-state index in [2.05, 4.69) is 0 Å². The zero-order valence-electron chi connectivity index (χ0n) is 7.52. The zero-order chi connectivity index (χ0) is 10.1. The van der Waals surface area contributed by atoms with Crippen molar-refractivity contribution in [2.24, 2.45) is 0 Å². The second-order valence-corrected chi connectivity index (χ2v) is 6.12. The third kappa shape index (κ3) is 2.47. The van der Waals surface area contributed by atoms with Gasteiger partial charge in [0.25, 0.3) is 0 Å². The smallest absolute Gasteiger partial charge is 0.335 e. The minimum atomic E-state index is -1.74. The van der Waals surface area contributed by atoms with Crippen molar-refractivity contribution in [3.8, 4) is 0 Å². The van der Waals surface area contributed by atoms with Crippen LogP contribution in [-0.4, -0.2) is 28.1 Å². The normalized spacial score (nSPS) is 12.5. The van der Waals surface area contributed by atoms with Crippen LogP contribution in [0.4, 0.5) is 0 Å². The van der Waals surface area contributed by atoms with Gasteiger partial charge in [-0.25, -0.2) is 4.79 Å². The van der Waals surface area contributed by atoms with Crippen molar-refractivity contribution in [1.29, 1.82) is 0 Å². The van der Waals surface area contributed by atoms with Crippen LogP contribution in [0, 0.1) is 0 Å². The third-order valence-electron chi connectivity index (χ3n) is 1.68. The minimum absolute atomic E-state index is 0.243. The molecule has 72 valence electrons. The number of carboxylic acid groups (broad SMARTS) is 1. The van der Waals surface area contributed by atoms with Crippen molar-refractivity contribution >= 4 is 16.3 Å². The van der Waals surface area contributed by atoms with Gasteiger partial charge in [0, 0.05) is 4.90 Å². The topological polar surface area (TPSA) is 57.5 Å². The molecule has 4 heteroatoms. The molecule has 0 amide bonds. The van der Waals surface area contributed by atoms with Gasteiger partial charge in [0.2, 0.25) is 0 Å². The Hall–Kier alpha value is -1.00. The molecule has 0 saturated carbocycles. The van der Waals surface area contributed by atoms with Crippen molar-refractivity contribution in [3.63, 3.8) is 0 Å². The monoisotopic (exact) mass is 200 g/mol. The van der Waals surface area contributed by atoms with Gasteiger partial charge in [0.1, 0.15) is 0 Å². The molecule has 0 aliphatic rings. The van der Waals surface area contributed by atoms with Crippen LogP contribution in [-0.2, 0) is 0 Å². The van der Waals surface area contributed by atoms with Crippen LogP contribution in [0.3, 0.4) is 0 Å². The largest absolute Gasteiger partial charge is 0.478 e. The van der Waals surface area contributed by atoms with E-state index in [0.29, 0.717) is 0 Å². The highest BCUT2D eigenvalue weighted by molar-refractivity contribution is 8.28. The number of aromatic carboxylic acids is 1. The van der Waals surface area contributed by atoms with Crippen LogP contribution in [0.2, 0.25) is 0 Å². The molecule has 0 heterocycles. The number of hydrogen-bond acceptors (Lipinski definition) is 2. The van der Waals surface area contributed by atoms with Gasteiger partial charge >= 0.3 is 5.97 Å². The summed E-state index contributed by atoms with van der Waals surface area (Å²) in [5, 5.41) is 8.62. The molecular formula is C9H12O3S. The summed E-state index contributed by atoms with van der Waals surface area (Å²) in [6.07, 6.45) is 3.48. The Balaban J connectivity index is 3.01. The fourth-order valence-corrected chi connectivity index (χ4v) is 1.73. The fourth-order valence-electron chi connectivity index (χ4n) is 0.931. The summed E-state index contributed by atoms with van der Waals surface area (Å²) >= 11 is 0. The molecule has 0 unspecified atom stereocenters. The highest BCUT2D eigenvalue weighted by atomic mass is 32.3. The standard InChI is InChI=1S/C9H12O3S/c1-13(2,12)8-5-3-7(4-6-8)9(10)11/h3-6,12H,1-2H3,(H,10,11). The van der Waals surface area contributed by atoms with Crippen LogP contribution in [0.1, 0.15) is 10.4 Å². The zero-order valence-corrected chi connectivity index (χ0v) is 8.34. The van der Waals surface area contributed by atoms with Gasteiger partial charge in [-0.15, -0.1) is 10.3 Å². The van der Waals surface area contributed by atoms with E-state index in [1.165, 1.54) is 12.1 Å². The molecular weight excluding hydrogens is 188 g/mol. The predicted octanol–water partition coefficient (Wildman–Crippen LogP) is 2.28. The Kier molecular flexibility index (Phi) is 2.63. The summed E-state index contributed by atoms with van der Waals surface area (Å²) in [6, 6.07) is 6.31. The number of rotatable bonds is 2. The van der Waals surface area contributed by atoms with Gasteiger partial charge in [-0.3, -0.25) is 0 Å². The van der Waals surface area contributed by atoms with Crippen molar-refractivity contribution in [2.45, 2.75) is 4.90 Å². The van der Waals surface area contributed by atoms with Crippen molar-refractivity contribution in [2.75, 3.05) is 12.5 Å². The third-order valence-corrected chi connectivity index (χ3v) is 3.10. The molecule has 3 nitrogen and oxygen atoms in total. The maximum atomic E-state index is 10.5. The Morgan fingerprint density at radius 3 is 2.00 bits per heavy atom. The van der Waals surface area contributed by atoms with E-state index in [1.807, 2.05) is 0 Å². The molecule has 0 atom stereocenters. The van der Waals surface area contributed by atoms with E-state index in [0.717, 1.165) is 4.90 Å². The number of benzene rings is 1. The van der Waals surface area contributed by atoms with Crippen LogP contribution >= 0.6 is 10.3 Å². The second kappa shape index (κ2) is 3.40. The van der Waals surface area contributed by atoms with Gasteiger partial charge in [-0.2, -0.15) is 0 Å². The molecule has 0 aliphatic carbocycles. The molecule has 0 aromatic heterocycles. The Bertz CT molecular complexity index is 311. The molecule has 0 aliphatic heterocycles. The van der Waals surface area contributed by atoms with E-state index in [1.54, 1.807) is 24.6 Å². The number of carbonyl (C=O) groups is 1. The first-order chi connectivity index (χ1) is 5.91. The summed E-state index contributed by atoms with van der Waals surface area (Å²) < 4.78 is 9.65. The van der Waals surface area contributed by atoms with E-state index in [9.17, 15) is 9.35 Å². The molecule has 0 bridgehead atoms. The van der Waals surface area contributed by atoms with Crippen LogP contribution in [0.5, 0.6) is 0 Å². The lowest BCUT2D eigenvalue weighted by Gasteiger charge is -2.23. The number of carboxylic acids is 1. The van der Waals surface area contributed by atoms with Crippen LogP contribution < -0.4 is 0 Å². The summed E-state index contributed by atoms with van der Waals surface area (Å²) in [7, 11) is -1.74. The van der Waals surface area contributed by atoms with Gasteiger partial charge in [0.15, 0.2) is 0 Å². The van der Waals surface area contributed by atoms with Gasteiger partial charge in [-0.05, 0) is 36.8 Å². The maximum absolute atomic E-state index is 10.5. The Morgan fingerprint density at radius 2 is 1.69 bits per heavy atom. The van der Waals surface area contributed by atoms with Crippen molar-refractivity contribution < 1.29 is 14.5 Å².